The predicted molar refractivity (Wildman–Crippen MR) is 46.8 cm³/mol. The largest absolute Gasteiger partial charge is 0.352 e. The summed E-state index contributed by atoms with van der Waals surface area (Å²) in [5.74, 6) is -0.442. The highest BCUT2D eigenvalue weighted by molar-refractivity contribution is 8.03. The van der Waals surface area contributed by atoms with Gasteiger partial charge in [0.25, 0.3) is 0 Å². The number of hydrogen-bond donors (Lipinski definition) is 0. The standard InChI is InChI=1S/C8H5NO3S/c1-13-6-2-5(10)8-4(7(6)11)3-9-12-8/h2-3H,1H3. The predicted octanol–water partition coefficient (Wildman–Crippen LogP) is 1.30. The van der Waals surface area contributed by atoms with Crippen molar-refractivity contribution < 1.29 is 14.1 Å². The van der Waals surface area contributed by atoms with E-state index in [0.29, 0.717) is 4.91 Å². The number of fused-ring (bicyclic) bond motifs is 1. The molecule has 0 aliphatic heterocycles. The van der Waals surface area contributed by atoms with E-state index in [0.717, 1.165) is 0 Å². The Morgan fingerprint density at radius 1 is 1.46 bits per heavy atom. The molecule has 1 heterocycles. The lowest BCUT2D eigenvalue weighted by Crippen LogP contribution is -2.12. The molecule has 1 aromatic heterocycles. The molecule has 0 N–H and O–H groups in total. The van der Waals surface area contributed by atoms with E-state index in [4.69, 9.17) is 0 Å². The number of Topliss-reactive ketones (excluding diaryl/α,β-unsaturated/α-hetero) is 1. The van der Waals surface area contributed by atoms with Crippen LogP contribution in [0.1, 0.15) is 20.9 Å². The van der Waals surface area contributed by atoms with Crippen molar-refractivity contribution in [2.75, 3.05) is 6.26 Å². The SMILES string of the molecule is CSC1=CC(=O)c2oncc2C1=O. The first-order chi connectivity index (χ1) is 6.24. The van der Waals surface area contributed by atoms with Crippen LogP contribution >= 0.6 is 11.8 Å². The van der Waals surface area contributed by atoms with Crippen LogP contribution < -0.4 is 0 Å². The zero-order valence-corrected chi connectivity index (χ0v) is 7.55. The normalized spacial score (nSPS) is 15.6. The lowest BCUT2D eigenvalue weighted by atomic mass is 10.0. The molecular formula is C8H5NO3S. The molecular weight excluding hydrogens is 190 g/mol. The molecule has 13 heavy (non-hydrogen) atoms. The fraction of sp³-hybridized carbons (Fsp3) is 0.125. The first-order valence-corrected chi connectivity index (χ1v) is 4.76. The molecule has 66 valence electrons. The number of thioether (sulfide) groups is 1. The third-order valence-corrected chi connectivity index (χ3v) is 2.49. The number of hydrogen-bond acceptors (Lipinski definition) is 5. The van der Waals surface area contributed by atoms with Crippen LogP contribution in [-0.4, -0.2) is 23.0 Å². The number of rotatable bonds is 1. The van der Waals surface area contributed by atoms with Crippen LogP contribution in [0.2, 0.25) is 0 Å². The number of aromatic nitrogens is 1. The second-order valence-corrected chi connectivity index (χ2v) is 3.32. The van der Waals surface area contributed by atoms with Crippen LogP contribution in [0.5, 0.6) is 0 Å². The van der Waals surface area contributed by atoms with Crippen molar-refractivity contribution >= 4 is 23.3 Å². The number of ketones is 2. The molecule has 1 aliphatic rings. The topological polar surface area (TPSA) is 60.2 Å². The number of carbonyl (C=O) groups is 2. The maximum atomic E-state index is 11.5. The number of nitrogens with zero attached hydrogens (tertiary/aromatic N) is 1. The summed E-state index contributed by atoms with van der Waals surface area (Å²) in [7, 11) is 0. The Balaban J connectivity index is 2.58. The highest BCUT2D eigenvalue weighted by Crippen LogP contribution is 2.26. The summed E-state index contributed by atoms with van der Waals surface area (Å²) >= 11 is 1.25. The van der Waals surface area contributed by atoms with Gasteiger partial charge in [0, 0.05) is 6.08 Å². The van der Waals surface area contributed by atoms with Crippen molar-refractivity contribution in [3.63, 3.8) is 0 Å². The molecule has 0 fully saturated rings. The van der Waals surface area contributed by atoms with Crippen LogP contribution in [0.4, 0.5) is 0 Å². The monoisotopic (exact) mass is 195 g/mol. The van der Waals surface area contributed by atoms with Crippen molar-refractivity contribution in [1.29, 1.82) is 0 Å². The zero-order valence-electron chi connectivity index (χ0n) is 6.73. The Labute approximate surface area is 78.0 Å². The summed E-state index contributed by atoms with van der Waals surface area (Å²) in [5, 5.41) is 3.41. The first kappa shape index (κ1) is 8.25. The fourth-order valence-corrected chi connectivity index (χ4v) is 1.63. The van der Waals surface area contributed by atoms with Gasteiger partial charge in [0.05, 0.1) is 16.7 Å². The van der Waals surface area contributed by atoms with Crippen LogP contribution in [0.3, 0.4) is 0 Å². The molecule has 0 saturated heterocycles. The molecule has 4 nitrogen and oxygen atoms in total. The van der Waals surface area contributed by atoms with Gasteiger partial charge in [-0.2, -0.15) is 0 Å². The Hall–Kier alpha value is -1.36. The zero-order chi connectivity index (χ0) is 9.42. The Kier molecular flexibility index (Phi) is 1.81. The molecule has 1 aromatic rings. The van der Waals surface area contributed by atoms with E-state index in [2.05, 4.69) is 9.68 Å². The molecule has 0 spiro atoms. The third-order valence-electron chi connectivity index (χ3n) is 1.74. The van der Waals surface area contributed by atoms with E-state index in [1.807, 2.05) is 0 Å². The molecule has 0 saturated carbocycles. The van der Waals surface area contributed by atoms with Gasteiger partial charge in [0.1, 0.15) is 0 Å². The molecule has 0 aromatic carbocycles. The second kappa shape index (κ2) is 2.85. The van der Waals surface area contributed by atoms with Crippen molar-refractivity contribution in [1.82, 2.24) is 5.16 Å². The second-order valence-electron chi connectivity index (χ2n) is 2.47. The van der Waals surface area contributed by atoms with Crippen LogP contribution in [0.15, 0.2) is 21.7 Å². The number of carbonyl (C=O) groups excluding carboxylic acids is 2. The van der Waals surface area contributed by atoms with Crippen molar-refractivity contribution in [3.05, 3.63) is 28.5 Å². The van der Waals surface area contributed by atoms with E-state index < -0.39 is 0 Å². The van der Waals surface area contributed by atoms with Crippen LogP contribution in [0, 0.1) is 0 Å². The molecule has 1 aliphatic carbocycles. The van der Waals surface area contributed by atoms with Gasteiger partial charge in [-0.05, 0) is 6.26 Å². The summed E-state index contributed by atoms with van der Waals surface area (Å²) < 4.78 is 4.66. The quantitative estimate of drug-likeness (QED) is 0.676. The average Bonchev–Trinajstić information content (AvgIpc) is 2.60. The summed E-state index contributed by atoms with van der Waals surface area (Å²) in [6, 6.07) is 0. The minimum Gasteiger partial charge on any atom is -0.352 e. The van der Waals surface area contributed by atoms with E-state index in [-0.39, 0.29) is 22.9 Å². The van der Waals surface area contributed by atoms with Gasteiger partial charge in [-0.25, -0.2) is 0 Å². The Morgan fingerprint density at radius 2 is 2.23 bits per heavy atom. The van der Waals surface area contributed by atoms with Crippen LogP contribution in [0.25, 0.3) is 0 Å². The minimum absolute atomic E-state index is 0.0443. The maximum Gasteiger partial charge on any atom is 0.225 e. The lowest BCUT2D eigenvalue weighted by molar-refractivity contribution is 0.0967. The molecule has 0 amide bonds. The lowest BCUT2D eigenvalue weighted by Gasteiger charge is -2.05. The Bertz CT molecular complexity index is 419. The van der Waals surface area contributed by atoms with E-state index in [1.165, 1.54) is 24.0 Å². The highest BCUT2D eigenvalue weighted by atomic mass is 32.2. The molecule has 0 atom stereocenters. The highest BCUT2D eigenvalue weighted by Gasteiger charge is 2.28. The molecule has 5 heteroatoms. The van der Waals surface area contributed by atoms with E-state index in [9.17, 15) is 9.59 Å². The number of allylic oxidation sites excluding steroid dienone is 2. The van der Waals surface area contributed by atoms with Gasteiger partial charge in [-0.3, -0.25) is 9.59 Å². The molecule has 0 bridgehead atoms. The molecule has 2 rings (SSSR count). The van der Waals surface area contributed by atoms with Crippen molar-refractivity contribution in [2.24, 2.45) is 0 Å². The van der Waals surface area contributed by atoms with Crippen molar-refractivity contribution in [2.45, 2.75) is 0 Å². The smallest absolute Gasteiger partial charge is 0.225 e. The summed E-state index contributed by atoms with van der Waals surface area (Å²) in [6.45, 7) is 0. The van der Waals surface area contributed by atoms with Gasteiger partial charge in [0.15, 0.2) is 0 Å². The Morgan fingerprint density at radius 3 is 2.92 bits per heavy atom. The van der Waals surface area contributed by atoms with Gasteiger partial charge in [-0.1, -0.05) is 5.16 Å². The fourth-order valence-electron chi connectivity index (χ4n) is 1.11. The molecule has 0 unspecified atom stereocenters. The minimum atomic E-state index is -0.295. The summed E-state index contributed by atoms with van der Waals surface area (Å²) in [6.07, 6.45) is 4.30. The first-order valence-electron chi connectivity index (χ1n) is 3.53. The van der Waals surface area contributed by atoms with Gasteiger partial charge in [0.2, 0.25) is 17.3 Å². The molecule has 0 radical (unpaired) electrons. The average molecular weight is 195 g/mol. The van der Waals surface area contributed by atoms with Crippen LogP contribution in [-0.2, 0) is 0 Å². The van der Waals surface area contributed by atoms with Gasteiger partial charge in [-0.15, -0.1) is 11.8 Å². The van der Waals surface area contributed by atoms with Gasteiger partial charge < -0.3 is 4.52 Å². The van der Waals surface area contributed by atoms with Crippen molar-refractivity contribution in [3.8, 4) is 0 Å². The van der Waals surface area contributed by atoms with E-state index >= 15 is 0 Å². The summed E-state index contributed by atoms with van der Waals surface area (Å²) in [4.78, 5) is 23.2. The third kappa shape index (κ3) is 1.12. The summed E-state index contributed by atoms with van der Waals surface area (Å²) in [5.41, 5.74) is 0.261. The maximum absolute atomic E-state index is 11.5. The van der Waals surface area contributed by atoms with Gasteiger partial charge >= 0.3 is 0 Å². The van der Waals surface area contributed by atoms with E-state index in [1.54, 1.807) is 6.26 Å².